The van der Waals surface area contributed by atoms with Crippen molar-refractivity contribution in [2.45, 2.75) is 26.4 Å². The van der Waals surface area contributed by atoms with Gasteiger partial charge in [-0.05, 0) is 59.6 Å². The summed E-state index contributed by atoms with van der Waals surface area (Å²) in [7, 11) is 0. The zero-order valence-corrected chi connectivity index (χ0v) is 13.6. The van der Waals surface area contributed by atoms with Crippen molar-refractivity contribution in [1.29, 1.82) is 0 Å². The number of carbonyl (C=O) groups excluding carboxylic acids is 1. The molecular formula is C16H18BrN3O. The summed E-state index contributed by atoms with van der Waals surface area (Å²) in [6.45, 7) is 4.65. The SMILES string of the molecule is CC(C)Nc1cccc(CNC(=O)c2ncccc2Br)c1. The van der Waals surface area contributed by atoms with Gasteiger partial charge in [0.1, 0.15) is 5.69 Å². The number of benzene rings is 1. The van der Waals surface area contributed by atoms with Gasteiger partial charge in [-0.15, -0.1) is 0 Å². The lowest BCUT2D eigenvalue weighted by Gasteiger charge is -2.12. The summed E-state index contributed by atoms with van der Waals surface area (Å²) in [5.41, 5.74) is 2.49. The van der Waals surface area contributed by atoms with Crippen molar-refractivity contribution in [1.82, 2.24) is 10.3 Å². The average Bonchev–Trinajstić information content (AvgIpc) is 2.45. The highest BCUT2D eigenvalue weighted by atomic mass is 79.9. The highest BCUT2D eigenvalue weighted by molar-refractivity contribution is 9.10. The molecule has 1 heterocycles. The number of carbonyl (C=O) groups is 1. The Labute approximate surface area is 133 Å². The first-order chi connectivity index (χ1) is 10.1. The lowest BCUT2D eigenvalue weighted by Crippen LogP contribution is -2.24. The predicted octanol–water partition coefficient (Wildman–Crippen LogP) is 3.59. The van der Waals surface area contributed by atoms with Crippen molar-refractivity contribution in [3.63, 3.8) is 0 Å². The molecule has 1 aromatic heterocycles. The van der Waals surface area contributed by atoms with Crippen LogP contribution in [-0.2, 0) is 6.54 Å². The van der Waals surface area contributed by atoms with Crippen LogP contribution in [0, 0.1) is 0 Å². The molecule has 0 bridgehead atoms. The summed E-state index contributed by atoms with van der Waals surface area (Å²) in [6.07, 6.45) is 1.60. The van der Waals surface area contributed by atoms with Crippen LogP contribution >= 0.6 is 15.9 Å². The Kier molecular flexibility index (Phi) is 5.33. The van der Waals surface area contributed by atoms with Gasteiger partial charge < -0.3 is 10.6 Å². The zero-order chi connectivity index (χ0) is 15.2. The molecule has 0 aliphatic heterocycles. The molecular weight excluding hydrogens is 330 g/mol. The summed E-state index contributed by atoms with van der Waals surface area (Å²) < 4.78 is 0.692. The maximum absolute atomic E-state index is 12.1. The third kappa shape index (κ3) is 4.56. The number of rotatable bonds is 5. The summed E-state index contributed by atoms with van der Waals surface area (Å²) in [6, 6.07) is 12.0. The maximum atomic E-state index is 12.1. The van der Waals surface area contributed by atoms with E-state index in [1.807, 2.05) is 24.3 Å². The molecule has 0 saturated carbocycles. The van der Waals surface area contributed by atoms with Crippen LogP contribution in [0.2, 0.25) is 0 Å². The number of amides is 1. The van der Waals surface area contributed by atoms with Gasteiger partial charge in [-0.25, -0.2) is 4.98 Å². The van der Waals surface area contributed by atoms with E-state index >= 15 is 0 Å². The summed E-state index contributed by atoms with van der Waals surface area (Å²) in [5, 5.41) is 6.22. The van der Waals surface area contributed by atoms with Crippen LogP contribution in [0.25, 0.3) is 0 Å². The van der Waals surface area contributed by atoms with Crippen LogP contribution < -0.4 is 10.6 Å². The minimum atomic E-state index is -0.190. The molecule has 4 nitrogen and oxygen atoms in total. The quantitative estimate of drug-likeness (QED) is 0.868. The topological polar surface area (TPSA) is 54.0 Å². The molecule has 2 aromatic rings. The van der Waals surface area contributed by atoms with Crippen molar-refractivity contribution in [2.75, 3.05) is 5.32 Å². The van der Waals surface area contributed by atoms with Gasteiger partial charge in [-0.1, -0.05) is 12.1 Å². The number of hydrogen-bond donors (Lipinski definition) is 2. The van der Waals surface area contributed by atoms with E-state index < -0.39 is 0 Å². The molecule has 0 fully saturated rings. The third-order valence-electron chi connectivity index (χ3n) is 2.81. The molecule has 110 valence electrons. The van der Waals surface area contributed by atoms with Crippen LogP contribution in [0.1, 0.15) is 29.9 Å². The Morgan fingerprint density at radius 1 is 1.29 bits per heavy atom. The van der Waals surface area contributed by atoms with E-state index in [4.69, 9.17) is 0 Å². The van der Waals surface area contributed by atoms with Gasteiger partial charge in [0, 0.05) is 28.9 Å². The predicted molar refractivity (Wildman–Crippen MR) is 88.3 cm³/mol. The molecule has 0 atom stereocenters. The Hall–Kier alpha value is -1.88. The van der Waals surface area contributed by atoms with Gasteiger partial charge in [-0.2, -0.15) is 0 Å². The zero-order valence-electron chi connectivity index (χ0n) is 12.1. The van der Waals surface area contributed by atoms with E-state index in [2.05, 4.69) is 45.4 Å². The molecule has 2 rings (SSSR count). The van der Waals surface area contributed by atoms with Crippen LogP contribution in [0.4, 0.5) is 5.69 Å². The van der Waals surface area contributed by atoms with Crippen LogP contribution in [0.15, 0.2) is 47.1 Å². The number of pyridine rings is 1. The minimum Gasteiger partial charge on any atom is -0.383 e. The molecule has 0 unspecified atom stereocenters. The summed E-state index contributed by atoms with van der Waals surface area (Å²) in [5.74, 6) is -0.190. The second-order valence-electron chi connectivity index (χ2n) is 5.02. The smallest absolute Gasteiger partial charge is 0.271 e. The molecule has 1 amide bonds. The second-order valence-corrected chi connectivity index (χ2v) is 5.87. The van der Waals surface area contributed by atoms with Crippen molar-refractivity contribution >= 4 is 27.5 Å². The highest BCUT2D eigenvalue weighted by Crippen LogP contribution is 2.14. The van der Waals surface area contributed by atoms with Crippen LogP contribution in [-0.4, -0.2) is 16.9 Å². The lowest BCUT2D eigenvalue weighted by atomic mass is 10.2. The summed E-state index contributed by atoms with van der Waals surface area (Å²) >= 11 is 3.33. The molecule has 5 heteroatoms. The molecule has 0 aliphatic rings. The fourth-order valence-electron chi connectivity index (χ4n) is 1.92. The van der Waals surface area contributed by atoms with Crippen molar-refractivity contribution in [2.24, 2.45) is 0 Å². The molecule has 0 spiro atoms. The van der Waals surface area contributed by atoms with Crippen LogP contribution in [0.3, 0.4) is 0 Å². The Bertz CT molecular complexity index is 628. The number of aromatic nitrogens is 1. The van der Waals surface area contributed by atoms with Crippen molar-refractivity contribution in [3.05, 3.63) is 58.3 Å². The van der Waals surface area contributed by atoms with E-state index in [9.17, 15) is 4.79 Å². The Morgan fingerprint density at radius 2 is 2.10 bits per heavy atom. The monoisotopic (exact) mass is 347 g/mol. The van der Waals surface area contributed by atoms with E-state index in [1.165, 1.54) is 0 Å². The Morgan fingerprint density at radius 3 is 2.81 bits per heavy atom. The first-order valence-corrected chi connectivity index (χ1v) is 7.60. The Balaban J connectivity index is 2.00. The number of nitrogens with zero attached hydrogens (tertiary/aromatic N) is 1. The van der Waals surface area contributed by atoms with Crippen molar-refractivity contribution in [3.8, 4) is 0 Å². The van der Waals surface area contributed by atoms with Crippen molar-refractivity contribution < 1.29 is 4.79 Å². The molecule has 1 aromatic carbocycles. The van der Waals surface area contributed by atoms with Gasteiger partial charge >= 0.3 is 0 Å². The van der Waals surface area contributed by atoms with E-state index in [0.29, 0.717) is 22.8 Å². The molecule has 0 radical (unpaired) electrons. The largest absolute Gasteiger partial charge is 0.383 e. The standard InChI is InChI=1S/C16H18BrN3O/c1-11(2)20-13-6-3-5-12(9-13)10-19-16(21)15-14(17)7-4-8-18-15/h3-9,11,20H,10H2,1-2H3,(H,19,21). The first-order valence-electron chi connectivity index (χ1n) is 6.80. The number of nitrogens with one attached hydrogen (secondary N) is 2. The van der Waals surface area contributed by atoms with Gasteiger partial charge in [0.15, 0.2) is 0 Å². The van der Waals surface area contributed by atoms with E-state index in [1.54, 1.807) is 18.3 Å². The molecule has 21 heavy (non-hydrogen) atoms. The number of halogens is 1. The minimum absolute atomic E-state index is 0.190. The van der Waals surface area contributed by atoms with Gasteiger partial charge in [0.05, 0.1) is 0 Å². The van der Waals surface area contributed by atoms with Gasteiger partial charge in [0.25, 0.3) is 5.91 Å². The third-order valence-corrected chi connectivity index (χ3v) is 3.45. The lowest BCUT2D eigenvalue weighted by molar-refractivity contribution is 0.0945. The molecule has 0 saturated heterocycles. The highest BCUT2D eigenvalue weighted by Gasteiger charge is 2.10. The molecule has 2 N–H and O–H groups in total. The van der Waals surface area contributed by atoms with Gasteiger partial charge in [0.2, 0.25) is 0 Å². The first kappa shape index (κ1) is 15.5. The fourth-order valence-corrected chi connectivity index (χ4v) is 2.36. The number of anilines is 1. The maximum Gasteiger partial charge on any atom is 0.271 e. The fraction of sp³-hybridized carbons (Fsp3) is 0.250. The summed E-state index contributed by atoms with van der Waals surface area (Å²) in [4.78, 5) is 16.2. The van der Waals surface area contributed by atoms with Gasteiger partial charge in [-0.3, -0.25) is 4.79 Å². The van der Waals surface area contributed by atoms with Crippen LogP contribution in [0.5, 0.6) is 0 Å². The normalized spacial score (nSPS) is 10.5. The van der Waals surface area contributed by atoms with E-state index in [0.717, 1.165) is 11.3 Å². The number of hydrogen-bond acceptors (Lipinski definition) is 3. The second kappa shape index (κ2) is 7.22. The van der Waals surface area contributed by atoms with E-state index in [-0.39, 0.29) is 5.91 Å². The molecule has 0 aliphatic carbocycles. The average molecular weight is 348 g/mol.